The number of rotatable bonds is 7. The van der Waals surface area contributed by atoms with E-state index in [2.05, 4.69) is 16.6 Å². The summed E-state index contributed by atoms with van der Waals surface area (Å²) >= 11 is 5.43. The molecule has 1 amide bonds. The van der Waals surface area contributed by atoms with Crippen LogP contribution in [0.5, 0.6) is 0 Å². The zero-order chi connectivity index (χ0) is 17.7. The van der Waals surface area contributed by atoms with E-state index in [-0.39, 0.29) is 19.5 Å². The van der Waals surface area contributed by atoms with Crippen LogP contribution in [0.3, 0.4) is 0 Å². The molecule has 0 fully saturated rings. The van der Waals surface area contributed by atoms with E-state index in [9.17, 15) is 26.4 Å². The second-order valence-electron chi connectivity index (χ2n) is 4.38. The fraction of sp³-hybridized carbons (Fsp3) is 0.308. The Kier molecular flexibility index (Phi) is 6.60. The van der Waals surface area contributed by atoms with Crippen LogP contribution < -0.4 is 10.0 Å². The maximum atomic E-state index is 12.7. The summed E-state index contributed by atoms with van der Waals surface area (Å²) in [4.78, 5) is 10.7. The van der Waals surface area contributed by atoms with Gasteiger partial charge in [0.15, 0.2) is 0 Å². The molecule has 0 saturated heterocycles. The number of hydrogen-bond donors (Lipinski definition) is 2. The Morgan fingerprint density at radius 2 is 2.00 bits per heavy atom. The predicted molar refractivity (Wildman–Crippen MR) is 79.5 cm³/mol. The van der Waals surface area contributed by atoms with Gasteiger partial charge >= 0.3 is 6.18 Å². The highest BCUT2D eigenvalue weighted by Gasteiger charge is 2.34. The molecule has 1 aromatic carbocycles. The number of alkyl halides is 3. The molecule has 1 aromatic rings. The summed E-state index contributed by atoms with van der Waals surface area (Å²) in [6.07, 6.45) is -3.48. The molecule has 0 aliphatic heterocycles. The van der Waals surface area contributed by atoms with Gasteiger partial charge in [0, 0.05) is 19.5 Å². The third-order valence-corrected chi connectivity index (χ3v) is 4.43. The van der Waals surface area contributed by atoms with Crippen LogP contribution in [0, 0.1) is 0 Å². The molecule has 1 rings (SSSR count). The van der Waals surface area contributed by atoms with Crippen molar-refractivity contribution in [3.8, 4) is 0 Å². The van der Waals surface area contributed by atoms with Gasteiger partial charge in [0.1, 0.15) is 0 Å². The topological polar surface area (TPSA) is 75.3 Å². The quantitative estimate of drug-likeness (QED) is 0.723. The monoisotopic (exact) mass is 370 g/mol. The SMILES string of the molecule is C=CCNC(=O)CCNS(=O)(=O)c1ccc(Cl)c(C(F)(F)F)c1. The van der Waals surface area contributed by atoms with Crippen LogP contribution in [-0.2, 0) is 21.0 Å². The highest BCUT2D eigenvalue weighted by atomic mass is 35.5. The number of carbonyl (C=O) groups is 1. The normalized spacial score (nSPS) is 12.0. The summed E-state index contributed by atoms with van der Waals surface area (Å²) in [6, 6.07) is 2.26. The second-order valence-corrected chi connectivity index (χ2v) is 6.55. The Hall–Kier alpha value is -1.58. The van der Waals surface area contributed by atoms with Crippen LogP contribution in [0.1, 0.15) is 12.0 Å². The molecule has 0 aliphatic rings. The average molecular weight is 371 g/mol. The van der Waals surface area contributed by atoms with Crippen LogP contribution in [-0.4, -0.2) is 27.4 Å². The molecule has 0 heterocycles. The van der Waals surface area contributed by atoms with E-state index in [1.165, 1.54) is 6.08 Å². The molecule has 0 unspecified atom stereocenters. The van der Waals surface area contributed by atoms with Crippen molar-refractivity contribution in [1.29, 1.82) is 0 Å². The Morgan fingerprint density at radius 1 is 1.35 bits per heavy atom. The third kappa shape index (κ3) is 5.85. The summed E-state index contributed by atoms with van der Waals surface area (Å²) in [5.74, 6) is -0.417. The van der Waals surface area contributed by atoms with Gasteiger partial charge in [0.05, 0.1) is 15.5 Å². The van der Waals surface area contributed by atoms with Gasteiger partial charge in [0.2, 0.25) is 15.9 Å². The minimum absolute atomic E-state index is 0.160. The van der Waals surface area contributed by atoms with Gasteiger partial charge in [0.25, 0.3) is 0 Å². The van der Waals surface area contributed by atoms with Crippen molar-refractivity contribution in [1.82, 2.24) is 10.0 Å². The minimum atomic E-state index is -4.77. The number of halogens is 4. The fourth-order valence-electron chi connectivity index (χ4n) is 1.55. The first-order valence-electron chi connectivity index (χ1n) is 6.32. The van der Waals surface area contributed by atoms with Crippen LogP contribution in [0.15, 0.2) is 35.7 Å². The summed E-state index contributed by atoms with van der Waals surface area (Å²) in [7, 11) is -4.18. The van der Waals surface area contributed by atoms with Crippen molar-refractivity contribution in [2.45, 2.75) is 17.5 Å². The Balaban J connectivity index is 2.81. The molecule has 0 aliphatic carbocycles. The van der Waals surface area contributed by atoms with E-state index < -0.39 is 37.6 Å². The van der Waals surface area contributed by atoms with Crippen molar-refractivity contribution in [2.24, 2.45) is 0 Å². The lowest BCUT2D eigenvalue weighted by Crippen LogP contribution is -2.31. The molecular weight excluding hydrogens is 357 g/mol. The maximum Gasteiger partial charge on any atom is 0.417 e. The number of hydrogen-bond acceptors (Lipinski definition) is 3. The van der Waals surface area contributed by atoms with Crippen molar-refractivity contribution < 1.29 is 26.4 Å². The number of carbonyl (C=O) groups excluding carboxylic acids is 1. The van der Waals surface area contributed by atoms with Gasteiger partial charge in [-0.3, -0.25) is 4.79 Å². The van der Waals surface area contributed by atoms with Gasteiger partial charge < -0.3 is 5.32 Å². The summed E-state index contributed by atoms with van der Waals surface area (Å²) in [5, 5.41) is 1.84. The largest absolute Gasteiger partial charge is 0.417 e. The van der Waals surface area contributed by atoms with Gasteiger partial charge in [-0.15, -0.1) is 6.58 Å². The summed E-state index contributed by atoms with van der Waals surface area (Å²) in [6.45, 7) is 3.38. The highest BCUT2D eigenvalue weighted by molar-refractivity contribution is 7.89. The Morgan fingerprint density at radius 3 is 2.57 bits per heavy atom. The molecule has 10 heteroatoms. The van der Waals surface area contributed by atoms with Gasteiger partial charge in [-0.05, 0) is 18.2 Å². The molecule has 128 valence electrons. The van der Waals surface area contributed by atoms with Crippen molar-refractivity contribution >= 4 is 27.5 Å². The summed E-state index contributed by atoms with van der Waals surface area (Å²) < 4.78 is 64.2. The highest BCUT2D eigenvalue weighted by Crippen LogP contribution is 2.35. The van der Waals surface area contributed by atoms with E-state index >= 15 is 0 Å². The number of benzene rings is 1. The molecule has 0 radical (unpaired) electrons. The number of nitrogens with one attached hydrogen (secondary N) is 2. The smallest absolute Gasteiger partial charge is 0.353 e. The summed E-state index contributed by atoms with van der Waals surface area (Å²) in [5.41, 5.74) is -1.24. The minimum Gasteiger partial charge on any atom is -0.353 e. The number of amides is 1. The standard InChI is InChI=1S/C13H14ClF3N2O3S/c1-2-6-18-12(20)5-7-19-23(21,22)9-3-4-11(14)10(8-9)13(15,16)17/h2-4,8,19H,1,5-7H2,(H,18,20). The first-order valence-corrected chi connectivity index (χ1v) is 8.18. The van der Waals surface area contributed by atoms with Crippen LogP contribution >= 0.6 is 11.6 Å². The molecule has 23 heavy (non-hydrogen) atoms. The van der Waals surface area contributed by atoms with E-state index in [0.717, 1.165) is 12.1 Å². The third-order valence-electron chi connectivity index (χ3n) is 2.64. The van der Waals surface area contributed by atoms with Crippen molar-refractivity contribution in [3.05, 3.63) is 41.4 Å². The average Bonchev–Trinajstić information content (AvgIpc) is 2.43. The van der Waals surface area contributed by atoms with Gasteiger partial charge in [-0.25, -0.2) is 13.1 Å². The zero-order valence-corrected chi connectivity index (χ0v) is 13.4. The molecule has 0 spiro atoms. The molecule has 5 nitrogen and oxygen atoms in total. The lowest BCUT2D eigenvalue weighted by Gasteiger charge is -2.12. The van der Waals surface area contributed by atoms with E-state index in [0.29, 0.717) is 6.07 Å². The lowest BCUT2D eigenvalue weighted by atomic mass is 10.2. The van der Waals surface area contributed by atoms with Crippen molar-refractivity contribution in [3.63, 3.8) is 0 Å². The van der Waals surface area contributed by atoms with E-state index in [1.54, 1.807) is 0 Å². The lowest BCUT2D eigenvalue weighted by molar-refractivity contribution is -0.137. The first kappa shape index (κ1) is 19.5. The molecular formula is C13H14ClF3N2O3S. The predicted octanol–water partition coefficient (Wildman–Crippen LogP) is 2.33. The van der Waals surface area contributed by atoms with Crippen LogP contribution in [0.4, 0.5) is 13.2 Å². The molecule has 2 N–H and O–H groups in total. The second kappa shape index (κ2) is 7.80. The maximum absolute atomic E-state index is 12.7. The Labute approximate surface area is 136 Å². The molecule has 0 bridgehead atoms. The number of sulfonamides is 1. The van der Waals surface area contributed by atoms with E-state index in [4.69, 9.17) is 11.6 Å². The van der Waals surface area contributed by atoms with Gasteiger partial charge in [-0.2, -0.15) is 13.2 Å². The Bertz CT molecular complexity index is 690. The van der Waals surface area contributed by atoms with Crippen LogP contribution in [0.25, 0.3) is 0 Å². The molecule has 0 aromatic heterocycles. The van der Waals surface area contributed by atoms with E-state index in [1.807, 2.05) is 0 Å². The van der Waals surface area contributed by atoms with Gasteiger partial charge in [-0.1, -0.05) is 17.7 Å². The fourth-order valence-corrected chi connectivity index (χ4v) is 2.83. The molecule has 0 atom stereocenters. The zero-order valence-electron chi connectivity index (χ0n) is 11.8. The van der Waals surface area contributed by atoms with Crippen LogP contribution in [0.2, 0.25) is 5.02 Å². The molecule has 0 saturated carbocycles. The van der Waals surface area contributed by atoms with Crippen molar-refractivity contribution in [2.75, 3.05) is 13.1 Å². The first-order chi connectivity index (χ1) is 10.6.